The van der Waals surface area contributed by atoms with Crippen molar-refractivity contribution in [2.24, 2.45) is 22.7 Å². The van der Waals surface area contributed by atoms with Crippen molar-refractivity contribution in [3.05, 3.63) is 0 Å². The Balaban J connectivity index is 1.76. The Bertz CT molecular complexity index is 588. The van der Waals surface area contributed by atoms with E-state index < -0.39 is 32.2 Å². The van der Waals surface area contributed by atoms with Gasteiger partial charge in [0, 0.05) is 17.4 Å². The third-order valence-electron chi connectivity index (χ3n) is 5.85. The van der Waals surface area contributed by atoms with Crippen molar-refractivity contribution in [1.82, 2.24) is 0 Å². The zero-order valence-corrected chi connectivity index (χ0v) is 12.6. The first-order chi connectivity index (χ1) is 10.1. The molecule has 4 fully saturated rings. The molecule has 2 N–H and O–H groups in total. The van der Waals surface area contributed by atoms with Gasteiger partial charge in [0.2, 0.25) is 0 Å². The Kier molecular flexibility index (Phi) is 3.37. The van der Waals surface area contributed by atoms with Gasteiger partial charge in [-0.2, -0.15) is 17.2 Å². The van der Waals surface area contributed by atoms with Crippen molar-refractivity contribution < 1.29 is 36.4 Å². The summed E-state index contributed by atoms with van der Waals surface area (Å²) in [5.41, 5.74) is -0.978. The number of rotatable bonds is 5. The monoisotopic (exact) mass is 340 g/mol. The van der Waals surface area contributed by atoms with Crippen molar-refractivity contribution in [2.75, 3.05) is 13.2 Å². The fourth-order valence-electron chi connectivity index (χ4n) is 5.15. The van der Waals surface area contributed by atoms with E-state index in [1.807, 2.05) is 0 Å². The molecule has 6 nitrogen and oxygen atoms in total. The molecule has 2 atom stereocenters. The zero-order valence-electron chi connectivity index (χ0n) is 11.8. The zero-order chi connectivity index (χ0) is 16.4. The average Bonchev–Trinajstić information content (AvgIpc) is 2.76. The van der Waals surface area contributed by atoms with E-state index in [0.717, 1.165) is 19.3 Å². The molecule has 0 aliphatic heterocycles. The third-order valence-corrected chi connectivity index (χ3v) is 6.67. The molecule has 9 heteroatoms. The molecule has 4 aliphatic rings. The van der Waals surface area contributed by atoms with E-state index in [4.69, 9.17) is 4.55 Å². The van der Waals surface area contributed by atoms with Gasteiger partial charge in [-0.1, -0.05) is 0 Å². The second kappa shape index (κ2) is 4.61. The maximum atomic E-state index is 13.2. The second-order valence-corrected chi connectivity index (χ2v) is 8.53. The predicted molar refractivity (Wildman–Crippen MR) is 69.5 cm³/mol. The van der Waals surface area contributed by atoms with Crippen LogP contribution in [0.1, 0.15) is 32.1 Å². The molecular formula is C13H18F2O6S. The fraction of sp³-hybridized carbons (Fsp3) is 0.923. The summed E-state index contributed by atoms with van der Waals surface area (Å²) in [5, 5.41) is 4.79. The lowest BCUT2D eigenvalue weighted by atomic mass is 9.69. The van der Waals surface area contributed by atoms with E-state index in [0.29, 0.717) is 24.7 Å². The normalized spacial score (nSPS) is 40.2. The molecule has 0 radical (unpaired) electrons. The summed E-state index contributed by atoms with van der Waals surface area (Å²) >= 11 is 0. The van der Waals surface area contributed by atoms with Crippen LogP contribution in [0.5, 0.6) is 0 Å². The lowest BCUT2D eigenvalue weighted by Crippen LogP contribution is -2.44. The Morgan fingerprint density at radius 2 is 1.68 bits per heavy atom. The van der Waals surface area contributed by atoms with Crippen LogP contribution in [0.15, 0.2) is 0 Å². The highest BCUT2D eigenvalue weighted by Gasteiger charge is 2.67. The minimum Gasteiger partial charge on any atom is -0.460 e. The Morgan fingerprint density at radius 1 is 1.18 bits per heavy atom. The Morgan fingerprint density at radius 3 is 2.14 bits per heavy atom. The molecule has 4 bridgehead atoms. The van der Waals surface area contributed by atoms with Crippen molar-refractivity contribution >= 4 is 16.1 Å². The molecule has 126 valence electrons. The first-order valence-corrected chi connectivity index (χ1v) is 8.62. The van der Waals surface area contributed by atoms with Gasteiger partial charge in [-0.3, -0.25) is 4.55 Å². The lowest BCUT2D eigenvalue weighted by molar-refractivity contribution is -0.168. The van der Waals surface area contributed by atoms with Crippen LogP contribution in [0.25, 0.3) is 0 Å². The number of aliphatic hydroxyl groups excluding tert-OH is 1. The second-order valence-electron chi connectivity index (χ2n) is 7.07. The van der Waals surface area contributed by atoms with Crippen molar-refractivity contribution in [3.8, 4) is 0 Å². The number of esters is 1. The smallest absolute Gasteiger partial charge is 0.460 e. The minimum atomic E-state index is -5.85. The van der Waals surface area contributed by atoms with Crippen molar-refractivity contribution in [1.29, 1.82) is 0 Å². The number of carbonyl (C=O) groups excluding carboxylic acids is 1. The van der Waals surface area contributed by atoms with Crippen LogP contribution in [0.2, 0.25) is 0 Å². The maximum Gasteiger partial charge on any atom is 0.465 e. The summed E-state index contributed by atoms with van der Waals surface area (Å²) in [5.74, 6) is -1.48. The third kappa shape index (κ3) is 2.01. The van der Waals surface area contributed by atoms with E-state index in [1.54, 1.807) is 0 Å². The maximum absolute atomic E-state index is 13.2. The molecule has 2 unspecified atom stereocenters. The van der Waals surface area contributed by atoms with E-state index in [-0.39, 0.29) is 13.2 Å². The molecule has 4 rings (SSSR count). The van der Waals surface area contributed by atoms with Crippen LogP contribution < -0.4 is 0 Å². The fourth-order valence-corrected chi connectivity index (χ4v) is 5.42. The highest BCUT2D eigenvalue weighted by Crippen LogP contribution is 2.72. The predicted octanol–water partition coefficient (Wildman–Crippen LogP) is 1.20. The number of ether oxygens (including phenoxy) is 1. The first-order valence-electron chi connectivity index (χ1n) is 7.18. The summed E-state index contributed by atoms with van der Waals surface area (Å²) in [6, 6.07) is 0. The topological polar surface area (TPSA) is 101 Å². The number of carbonyl (C=O) groups is 1. The number of hydrogen-bond donors (Lipinski definition) is 2. The molecule has 0 heterocycles. The molecule has 0 spiro atoms. The van der Waals surface area contributed by atoms with Crippen molar-refractivity contribution in [2.45, 2.75) is 37.4 Å². The van der Waals surface area contributed by atoms with Gasteiger partial charge in [0.25, 0.3) is 0 Å². The molecule has 0 saturated heterocycles. The van der Waals surface area contributed by atoms with E-state index in [9.17, 15) is 27.1 Å². The highest BCUT2D eigenvalue weighted by molar-refractivity contribution is 7.87. The summed E-state index contributed by atoms with van der Waals surface area (Å²) < 4.78 is 60.6. The minimum absolute atomic E-state index is 0.0910. The van der Waals surface area contributed by atoms with Gasteiger partial charge in [-0.25, -0.2) is 4.79 Å². The average molecular weight is 340 g/mol. The summed E-state index contributed by atoms with van der Waals surface area (Å²) in [6.45, 7) is -0.434. The summed E-state index contributed by atoms with van der Waals surface area (Å²) in [4.78, 5) is 11.4. The number of hydrogen-bond acceptors (Lipinski definition) is 5. The Hall–Kier alpha value is -0.800. The summed E-state index contributed by atoms with van der Waals surface area (Å²) in [6.07, 6.45) is 3.99. The van der Waals surface area contributed by atoms with Crippen LogP contribution >= 0.6 is 0 Å². The van der Waals surface area contributed by atoms with Crippen LogP contribution in [-0.2, 0) is 19.6 Å². The molecule has 0 amide bonds. The van der Waals surface area contributed by atoms with E-state index in [1.165, 1.54) is 0 Å². The van der Waals surface area contributed by atoms with Gasteiger partial charge < -0.3 is 9.84 Å². The largest absolute Gasteiger partial charge is 0.465 e. The molecule has 4 saturated carbocycles. The van der Waals surface area contributed by atoms with Gasteiger partial charge in [0.15, 0.2) is 0 Å². The van der Waals surface area contributed by atoms with E-state index >= 15 is 0 Å². The molecular weight excluding hydrogens is 322 g/mol. The van der Waals surface area contributed by atoms with Gasteiger partial charge in [0.1, 0.15) is 0 Å². The van der Waals surface area contributed by atoms with Crippen molar-refractivity contribution in [3.63, 3.8) is 0 Å². The molecule has 0 aromatic carbocycles. The molecule has 0 aromatic rings. The van der Waals surface area contributed by atoms with Crippen LogP contribution in [0.4, 0.5) is 8.78 Å². The first kappa shape index (κ1) is 16.1. The van der Waals surface area contributed by atoms with Crippen LogP contribution in [0, 0.1) is 22.7 Å². The van der Waals surface area contributed by atoms with Gasteiger partial charge in [-0.15, -0.1) is 0 Å². The number of aliphatic hydroxyl groups is 1. The standard InChI is InChI=1S/C13H18F2O6S/c14-13(15,22(18,19)20)10(17)21-7-12-4-8-1-9(5-12)3-11(12,2-8)6-16/h8-9,16H,1-7H2,(H,18,19,20). The van der Waals surface area contributed by atoms with Crippen LogP contribution in [-0.4, -0.2) is 42.5 Å². The Labute approximate surface area is 126 Å². The molecule has 22 heavy (non-hydrogen) atoms. The number of alkyl halides is 2. The SMILES string of the molecule is O=C(OCC12CC3CC(CC1(CO)C3)C2)C(F)(F)S(=O)(=O)O. The van der Waals surface area contributed by atoms with Gasteiger partial charge >= 0.3 is 21.3 Å². The lowest BCUT2D eigenvalue weighted by Gasteiger charge is -2.39. The molecule has 0 aromatic heterocycles. The number of halogens is 2. The summed E-state index contributed by atoms with van der Waals surface area (Å²) in [7, 11) is -5.85. The van der Waals surface area contributed by atoms with Crippen LogP contribution in [0.3, 0.4) is 0 Å². The highest BCUT2D eigenvalue weighted by atomic mass is 32.2. The van der Waals surface area contributed by atoms with Gasteiger partial charge in [0.05, 0.1) is 6.61 Å². The molecule has 4 aliphatic carbocycles. The van der Waals surface area contributed by atoms with Gasteiger partial charge in [-0.05, 0) is 43.9 Å². The van der Waals surface area contributed by atoms with E-state index in [2.05, 4.69) is 4.74 Å². The quantitative estimate of drug-likeness (QED) is 0.576.